The van der Waals surface area contributed by atoms with Gasteiger partial charge in [-0.1, -0.05) is 0 Å². The van der Waals surface area contributed by atoms with Gasteiger partial charge in [-0.3, -0.25) is 9.48 Å². The number of carbonyl (C=O) groups excluding carboxylic acids is 1. The molecule has 0 aliphatic heterocycles. The Morgan fingerprint density at radius 3 is 2.82 bits per heavy atom. The van der Waals surface area contributed by atoms with E-state index in [1.54, 1.807) is 10.9 Å². The summed E-state index contributed by atoms with van der Waals surface area (Å²) in [6.07, 6.45) is 4.56. The molecule has 1 aromatic heterocycles. The number of carbonyl (C=O) groups is 1. The monoisotopic (exact) mass is 237 g/mol. The van der Waals surface area contributed by atoms with Crippen LogP contribution in [0, 0.1) is 12.3 Å². The topological polar surface area (TPSA) is 67.2 Å². The molecule has 1 aliphatic carbocycles. The molecule has 0 bridgehead atoms. The fraction of sp³-hybridized carbons (Fsp3) is 0.667. The number of nitrogens with zero attached hydrogens (tertiary/aromatic N) is 2. The smallest absolute Gasteiger partial charge is 0.254 e. The minimum absolute atomic E-state index is 0.0696. The summed E-state index contributed by atoms with van der Waals surface area (Å²) in [5, 5.41) is 15.9. The number of aromatic nitrogens is 2. The molecule has 1 heterocycles. The zero-order valence-electron chi connectivity index (χ0n) is 10.4. The van der Waals surface area contributed by atoms with Crippen LogP contribution in [0.4, 0.5) is 0 Å². The number of amides is 1. The van der Waals surface area contributed by atoms with Crippen molar-refractivity contribution in [2.75, 3.05) is 13.2 Å². The zero-order chi connectivity index (χ0) is 12.5. The molecule has 1 aliphatic rings. The van der Waals surface area contributed by atoms with Crippen LogP contribution in [0.5, 0.6) is 0 Å². The van der Waals surface area contributed by atoms with Crippen LogP contribution < -0.4 is 5.32 Å². The van der Waals surface area contributed by atoms with Crippen molar-refractivity contribution in [3.8, 4) is 0 Å². The van der Waals surface area contributed by atoms with Crippen LogP contribution in [-0.2, 0) is 7.05 Å². The van der Waals surface area contributed by atoms with Gasteiger partial charge in [0.2, 0.25) is 0 Å². The highest BCUT2D eigenvalue weighted by Gasteiger charge is 2.41. The third kappa shape index (κ3) is 2.49. The van der Waals surface area contributed by atoms with Gasteiger partial charge >= 0.3 is 0 Å². The van der Waals surface area contributed by atoms with Crippen LogP contribution in [0.1, 0.15) is 35.3 Å². The SMILES string of the molecule is Cc1c(C(=O)NCC2(CCO)CC2)cnn1C. The lowest BCUT2D eigenvalue weighted by Gasteiger charge is -2.14. The van der Waals surface area contributed by atoms with Crippen LogP contribution in [0.15, 0.2) is 6.20 Å². The van der Waals surface area contributed by atoms with Gasteiger partial charge < -0.3 is 10.4 Å². The average molecular weight is 237 g/mol. The molecule has 1 aromatic rings. The minimum Gasteiger partial charge on any atom is -0.396 e. The lowest BCUT2D eigenvalue weighted by Crippen LogP contribution is -2.31. The molecule has 1 amide bonds. The standard InChI is InChI=1S/C12H19N3O2/c1-9-10(7-14-15(9)2)11(17)13-8-12(3-4-12)5-6-16/h7,16H,3-6,8H2,1-2H3,(H,13,17). The van der Waals surface area contributed by atoms with Gasteiger partial charge in [-0.15, -0.1) is 0 Å². The van der Waals surface area contributed by atoms with E-state index in [1.165, 1.54) is 0 Å². The van der Waals surface area contributed by atoms with E-state index >= 15 is 0 Å². The number of nitrogens with one attached hydrogen (secondary N) is 1. The van der Waals surface area contributed by atoms with Gasteiger partial charge in [0.25, 0.3) is 5.91 Å². The summed E-state index contributed by atoms with van der Waals surface area (Å²) in [5.74, 6) is -0.0696. The number of rotatable bonds is 5. The maximum absolute atomic E-state index is 11.9. The fourth-order valence-electron chi connectivity index (χ4n) is 2.01. The summed E-state index contributed by atoms with van der Waals surface area (Å²) in [4.78, 5) is 11.9. The summed E-state index contributed by atoms with van der Waals surface area (Å²) in [6.45, 7) is 2.73. The highest BCUT2D eigenvalue weighted by Crippen LogP contribution is 2.47. The molecule has 0 aromatic carbocycles. The lowest BCUT2D eigenvalue weighted by molar-refractivity contribution is 0.0940. The summed E-state index contributed by atoms with van der Waals surface area (Å²) in [6, 6.07) is 0. The van der Waals surface area contributed by atoms with E-state index in [4.69, 9.17) is 5.11 Å². The third-order valence-corrected chi connectivity index (χ3v) is 3.70. The van der Waals surface area contributed by atoms with Crippen LogP contribution in [0.3, 0.4) is 0 Å². The minimum atomic E-state index is -0.0696. The lowest BCUT2D eigenvalue weighted by atomic mass is 10.0. The number of aliphatic hydroxyl groups excluding tert-OH is 1. The maximum atomic E-state index is 11.9. The van der Waals surface area contributed by atoms with Crippen molar-refractivity contribution in [1.82, 2.24) is 15.1 Å². The molecule has 94 valence electrons. The van der Waals surface area contributed by atoms with Crippen molar-refractivity contribution in [3.05, 3.63) is 17.5 Å². The summed E-state index contributed by atoms with van der Waals surface area (Å²) < 4.78 is 1.69. The second-order valence-electron chi connectivity index (χ2n) is 4.92. The Bertz CT molecular complexity index is 421. The first-order chi connectivity index (χ1) is 8.08. The molecule has 2 rings (SSSR count). The largest absolute Gasteiger partial charge is 0.396 e. The van der Waals surface area contributed by atoms with Crippen molar-refractivity contribution >= 4 is 5.91 Å². The Balaban J connectivity index is 1.92. The molecule has 2 N–H and O–H groups in total. The maximum Gasteiger partial charge on any atom is 0.254 e. The number of aliphatic hydroxyl groups is 1. The predicted molar refractivity (Wildman–Crippen MR) is 63.6 cm³/mol. The normalized spacial score (nSPS) is 16.9. The Morgan fingerprint density at radius 2 is 2.35 bits per heavy atom. The van der Waals surface area contributed by atoms with Gasteiger partial charge in [-0.25, -0.2) is 0 Å². The zero-order valence-corrected chi connectivity index (χ0v) is 10.4. The molecule has 17 heavy (non-hydrogen) atoms. The van der Waals surface area contributed by atoms with Crippen molar-refractivity contribution in [1.29, 1.82) is 0 Å². The Morgan fingerprint density at radius 1 is 1.65 bits per heavy atom. The Labute approximate surface area is 101 Å². The summed E-state index contributed by atoms with van der Waals surface area (Å²) in [7, 11) is 1.82. The van der Waals surface area contributed by atoms with E-state index in [-0.39, 0.29) is 17.9 Å². The summed E-state index contributed by atoms with van der Waals surface area (Å²) in [5.41, 5.74) is 1.65. The Kier molecular flexibility index (Phi) is 3.19. The molecule has 0 atom stereocenters. The second kappa shape index (κ2) is 4.49. The first kappa shape index (κ1) is 12.1. The number of aryl methyl sites for hydroxylation is 1. The highest BCUT2D eigenvalue weighted by molar-refractivity contribution is 5.95. The van der Waals surface area contributed by atoms with E-state index in [1.807, 2.05) is 14.0 Å². The third-order valence-electron chi connectivity index (χ3n) is 3.70. The molecular formula is C12H19N3O2. The van der Waals surface area contributed by atoms with E-state index in [2.05, 4.69) is 10.4 Å². The molecule has 1 fully saturated rings. The van der Waals surface area contributed by atoms with E-state index in [9.17, 15) is 4.79 Å². The molecule has 1 saturated carbocycles. The summed E-state index contributed by atoms with van der Waals surface area (Å²) >= 11 is 0. The van der Waals surface area contributed by atoms with E-state index in [0.29, 0.717) is 12.1 Å². The molecule has 0 unspecified atom stereocenters. The molecule has 0 spiro atoms. The van der Waals surface area contributed by atoms with Gasteiger partial charge in [-0.2, -0.15) is 5.10 Å². The van der Waals surface area contributed by atoms with Crippen molar-refractivity contribution in [2.24, 2.45) is 12.5 Å². The average Bonchev–Trinajstić information content (AvgIpc) is 2.99. The van der Waals surface area contributed by atoms with Gasteiger partial charge in [0, 0.05) is 25.9 Å². The van der Waals surface area contributed by atoms with Gasteiger partial charge in [-0.05, 0) is 31.6 Å². The predicted octanol–water partition coefficient (Wildman–Crippen LogP) is 0.621. The van der Waals surface area contributed by atoms with Crippen molar-refractivity contribution in [3.63, 3.8) is 0 Å². The number of hydrogen-bond acceptors (Lipinski definition) is 3. The second-order valence-corrected chi connectivity index (χ2v) is 4.92. The first-order valence-corrected chi connectivity index (χ1v) is 5.96. The first-order valence-electron chi connectivity index (χ1n) is 5.96. The van der Waals surface area contributed by atoms with Crippen molar-refractivity contribution < 1.29 is 9.90 Å². The fourth-order valence-corrected chi connectivity index (χ4v) is 2.01. The molecule has 5 nitrogen and oxygen atoms in total. The highest BCUT2D eigenvalue weighted by atomic mass is 16.3. The van der Waals surface area contributed by atoms with E-state index < -0.39 is 0 Å². The number of hydrogen-bond donors (Lipinski definition) is 2. The van der Waals surface area contributed by atoms with E-state index in [0.717, 1.165) is 25.0 Å². The molecule has 0 radical (unpaired) electrons. The quantitative estimate of drug-likeness (QED) is 0.789. The van der Waals surface area contributed by atoms with Gasteiger partial charge in [0.1, 0.15) is 0 Å². The van der Waals surface area contributed by atoms with Crippen LogP contribution in [-0.4, -0.2) is 33.9 Å². The van der Waals surface area contributed by atoms with Crippen LogP contribution >= 0.6 is 0 Å². The van der Waals surface area contributed by atoms with Crippen LogP contribution in [0.25, 0.3) is 0 Å². The van der Waals surface area contributed by atoms with Gasteiger partial charge in [0.15, 0.2) is 0 Å². The molecule has 5 heteroatoms. The van der Waals surface area contributed by atoms with Gasteiger partial charge in [0.05, 0.1) is 11.8 Å². The van der Waals surface area contributed by atoms with Crippen molar-refractivity contribution in [2.45, 2.75) is 26.2 Å². The van der Waals surface area contributed by atoms with Crippen LogP contribution in [0.2, 0.25) is 0 Å². The molecule has 0 saturated heterocycles. The Hall–Kier alpha value is -1.36. The molecular weight excluding hydrogens is 218 g/mol.